The van der Waals surface area contributed by atoms with Crippen LogP contribution in [0.2, 0.25) is 5.02 Å². The van der Waals surface area contributed by atoms with Gasteiger partial charge in [-0.1, -0.05) is 29.4 Å². The molecule has 0 aliphatic carbocycles. The monoisotopic (exact) mass is 399 g/mol. The number of benzene rings is 1. The van der Waals surface area contributed by atoms with E-state index in [9.17, 15) is 13.2 Å². The topological polar surface area (TPSA) is 79.4 Å². The van der Waals surface area contributed by atoms with Gasteiger partial charge in [-0.2, -0.15) is 0 Å². The first kappa shape index (κ1) is 19.7. The second kappa shape index (κ2) is 8.18. The summed E-state index contributed by atoms with van der Waals surface area (Å²) < 4.78 is 25.1. The Kier molecular flexibility index (Phi) is 6.45. The van der Waals surface area contributed by atoms with Crippen molar-refractivity contribution in [3.05, 3.63) is 47.1 Å². The summed E-state index contributed by atoms with van der Waals surface area (Å²) in [5, 5.41) is 3.91. The SMILES string of the molecule is Cc1ccc(Cl)cc1NC(=O)CSc1ccc(S(=O)(=O)N(C)C)cn1. The van der Waals surface area contributed by atoms with Crippen LogP contribution in [0, 0.1) is 6.92 Å². The van der Waals surface area contributed by atoms with Crippen molar-refractivity contribution in [1.82, 2.24) is 9.29 Å². The van der Waals surface area contributed by atoms with Crippen LogP contribution in [0.4, 0.5) is 5.69 Å². The summed E-state index contributed by atoms with van der Waals surface area (Å²) in [5.74, 6) is -0.0409. The molecule has 1 N–H and O–H groups in total. The van der Waals surface area contributed by atoms with E-state index in [1.54, 1.807) is 18.2 Å². The van der Waals surface area contributed by atoms with E-state index in [0.717, 1.165) is 9.87 Å². The van der Waals surface area contributed by atoms with Crippen LogP contribution in [0.5, 0.6) is 0 Å². The number of nitrogens with one attached hydrogen (secondary N) is 1. The van der Waals surface area contributed by atoms with E-state index in [2.05, 4.69) is 10.3 Å². The van der Waals surface area contributed by atoms with E-state index in [1.165, 1.54) is 38.1 Å². The Labute approximate surface area is 156 Å². The minimum absolute atomic E-state index is 0.112. The number of carbonyl (C=O) groups excluding carboxylic acids is 1. The number of carbonyl (C=O) groups is 1. The van der Waals surface area contributed by atoms with E-state index in [0.29, 0.717) is 15.7 Å². The summed E-state index contributed by atoms with van der Waals surface area (Å²) >= 11 is 7.15. The number of hydrogen-bond acceptors (Lipinski definition) is 5. The Bertz CT molecular complexity index is 869. The van der Waals surface area contributed by atoms with Gasteiger partial charge in [0.15, 0.2) is 0 Å². The minimum atomic E-state index is -3.50. The highest BCUT2D eigenvalue weighted by Crippen LogP contribution is 2.22. The van der Waals surface area contributed by atoms with Crippen molar-refractivity contribution in [2.24, 2.45) is 0 Å². The van der Waals surface area contributed by atoms with Crippen molar-refractivity contribution in [3.8, 4) is 0 Å². The molecule has 2 rings (SSSR count). The third-order valence-corrected chi connectivity index (χ3v) is 6.29. The largest absolute Gasteiger partial charge is 0.325 e. The van der Waals surface area contributed by atoms with Gasteiger partial charge in [-0.3, -0.25) is 4.79 Å². The third-order valence-electron chi connectivity index (χ3n) is 3.31. The van der Waals surface area contributed by atoms with Crippen LogP contribution < -0.4 is 5.32 Å². The van der Waals surface area contributed by atoms with Crippen molar-refractivity contribution < 1.29 is 13.2 Å². The zero-order valence-corrected chi connectivity index (χ0v) is 16.4. The van der Waals surface area contributed by atoms with Gasteiger partial charge in [0.2, 0.25) is 15.9 Å². The van der Waals surface area contributed by atoms with Crippen LogP contribution >= 0.6 is 23.4 Å². The van der Waals surface area contributed by atoms with Gasteiger partial charge < -0.3 is 5.32 Å². The van der Waals surface area contributed by atoms with Gasteiger partial charge >= 0.3 is 0 Å². The fourth-order valence-electron chi connectivity index (χ4n) is 1.87. The number of halogens is 1. The molecule has 1 amide bonds. The molecular formula is C16H18ClN3O3S2. The highest BCUT2D eigenvalue weighted by Gasteiger charge is 2.17. The van der Waals surface area contributed by atoms with Crippen molar-refractivity contribution >= 4 is 45.0 Å². The van der Waals surface area contributed by atoms with Gasteiger partial charge in [0.25, 0.3) is 0 Å². The average Bonchev–Trinajstić information content (AvgIpc) is 2.56. The van der Waals surface area contributed by atoms with Gasteiger partial charge in [0.05, 0.1) is 10.8 Å². The summed E-state index contributed by atoms with van der Waals surface area (Å²) in [7, 11) is -0.588. The Morgan fingerprint density at radius 1 is 1.28 bits per heavy atom. The quantitative estimate of drug-likeness (QED) is 0.755. The highest BCUT2D eigenvalue weighted by atomic mass is 35.5. The number of anilines is 1. The van der Waals surface area contributed by atoms with E-state index < -0.39 is 10.0 Å². The van der Waals surface area contributed by atoms with Gasteiger partial charge in [-0.15, -0.1) is 0 Å². The maximum Gasteiger partial charge on any atom is 0.244 e. The molecule has 0 radical (unpaired) electrons. The Hall–Kier alpha value is -1.61. The molecule has 0 bridgehead atoms. The normalized spacial score (nSPS) is 11.6. The molecule has 0 atom stereocenters. The van der Waals surface area contributed by atoms with Gasteiger partial charge in [-0.05, 0) is 36.8 Å². The molecule has 0 aliphatic rings. The maximum atomic E-state index is 12.1. The standard InChI is InChI=1S/C16H18ClN3O3S2/c1-11-4-5-12(17)8-14(11)19-15(21)10-24-16-7-6-13(9-18-16)25(22,23)20(2)3/h4-9H,10H2,1-3H3,(H,19,21). The summed E-state index contributed by atoms with van der Waals surface area (Å²) in [5.41, 5.74) is 1.58. The van der Waals surface area contributed by atoms with E-state index in [1.807, 2.05) is 13.0 Å². The molecule has 134 valence electrons. The Balaban J connectivity index is 1.97. The minimum Gasteiger partial charge on any atom is -0.325 e. The first-order valence-electron chi connectivity index (χ1n) is 7.27. The average molecular weight is 400 g/mol. The lowest BCUT2D eigenvalue weighted by atomic mass is 10.2. The van der Waals surface area contributed by atoms with Crippen molar-refractivity contribution in [1.29, 1.82) is 0 Å². The lowest BCUT2D eigenvalue weighted by molar-refractivity contribution is -0.113. The molecule has 2 aromatic rings. The molecule has 9 heteroatoms. The van der Waals surface area contributed by atoms with Crippen LogP contribution in [0.15, 0.2) is 46.5 Å². The molecule has 0 unspecified atom stereocenters. The van der Waals surface area contributed by atoms with Crippen LogP contribution in [-0.4, -0.2) is 43.5 Å². The third kappa shape index (κ3) is 5.18. The van der Waals surface area contributed by atoms with Crippen LogP contribution in [0.25, 0.3) is 0 Å². The number of hydrogen-bond donors (Lipinski definition) is 1. The van der Waals surface area contributed by atoms with Gasteiger partial charge in [0, 0.05) is 31.0 Å². The summed E-state index contributed by atoms with van der Waals surface area (Å²) in [4.78, 5) is 16.3. The molecule has 0 aliphatic heterocycles. The molecular weight excluding hydrogens is 382 g/mol. The van der Waals surface area contributed by atoms with E-state index >= 15 is 0 Å². The molecule has 0 saturated heterocycles. The number of nitrogens with zero attached hydrogens (tertiary/aromatic N) is 2. The summed E-state index contributed by atoms with van der Waals surface area (Å²) in [6.45, 7) is 1.88. The number of amides is 1. The second-order valence-electron chi connectivity index (χ2n) is 5.42. The molecule has 6 nitrogen and oxygen atoms in total. The second-order valence-corrected chi connectivity index (χ2v) is 9.00. The molecule has 1 heterocycles. The zero-order valence-electron chi connectivity index (χ0n) is 14.0. The number of pyridine rings is 1. The van der Waals surface area contributed by atoms with Crippen LogP contribution in [0.1, 0.15) is 5.56 Å². The van der Waals surface area contributed by atoms with Crippen molar-refractivity contribution in [3.63, 3.8) is 0 Å². The molecule has 1 aromatic heterocycles. The summed E-state index contributed by atoms with van der Waals surface area (Å²) in [6, 6.07) is 8.34. The predicted octanol–water partition coefficient (Wildman–Crippen LogP) is 3.02. The predicted molar refractivity (Wildman–Crippen MR) is 101 cm³/mol. The fourth-order valence-corrected chi connectivity index (χ4v) is 3.53. The van der Waals surface area contributed by atoms with E-state index in [4.69, 9.17) is 11.6 Å². The first-order valence-corrected chi connectivity index (χ1v) is 10.1. The number of aromatic nitrogens is 1. The molecule has 0 spiro atoms. The first-order chi connectivity index (χ1) is 11.7. The molecule has 0 saturated carbocycles. The number of thioether (sulfide) groups is 1. The summed E-state index contributed by atoms with van der Waals surface area (Å²) in [6.07, 6.45) is 1.29. The maximum absolute atomic E-state index is 12.1. The molecule has 25 heavy (non-hydrogen) atoms. The number of sulfonamides is 1. The number of aryl methyl sites for hydroxylation is 1. The van der Waals surface area contributed by atoms with Crippen LogP contribution in [-0.2, 0) is 14.8 Å². The van der Waals surface area contributed by atoms with Crippen molar-refractivity contribution in [2.45, 2.75) is 16.8 Å². The Morgan fingerprint density at radius 3 is 2.60 bits per heavy atom. The lowest BCUT2D eigenvalue weighted by Gasteiger charge is -2.11. The van der Waals surface area contributed by atoms with Crippen molar-refractivity contribution in [2.75, 3.05) is 25.2 Å². The smallest absolute Gasteiger partial charge is 0.244 e. The lowest BCUT2D eigenvalue weighted by Crippen LogP contribution is -2.22. The highest BCUT2D eigenvalue weighted by molar-refractivity contribution is 7.99. The molecule has 0 fully saturated rings. The van der Waals surface area contributed by atoms with E-state index in [-0.39, 0.29) is 16.6 Å². The zero-order chi connectivity index (χ0) is 18.6. The fraction of sp³-hybridized carbons (Fsp3) is 0.250. The number of rotatable bonds is 6. The molecule has 1 aromatic carbocycles. The van der Waals surface area contributed by atoms with Gasteiger partial charge in [0.1, 0.15) is 4.90 Å². The van der Waals surface area contributed by atoms with Gasteiger partial charge in [-0.25, -0.2) is 17.7 Å². The Morgan fingerprint density at radius 2 is 2.00 bits per heavy atom. The van der Waals surface area contributed by atoms with Crippen LogP contribution in [0.3, 0.4) is 0 Å².